The van der Waals surface area contributed by atoms with Crippen LogP contribution in [0.25, 0.3) is 11.9 Å². The molecule has 27 heavy (non-hydrogen) atoms. The summed E-state index contributed by atoms with van der Waals surface area (Å²) < 4.78 is 0. The summed E-state index contributed by atoms with van der Waals surface area (Å²) in [6.45, 7) is 5.73. The lowest BCUT2D eigenvalue weighted by atomic mass is 10.2. The van der Waals surface area contributed by atoms with Crippen LogP contribution in [0, 0.1) is 20.8 Å². The molecule has 0 aliphatic carbocycles. The number of thiazole rings is 1. The summed E-state index contributed by atoms with van der Waals surface area (Å²) in [5, 5.41) is 13.5. The fourth-order valence-electron chi connectivity index (χ4n) is 2.86. The number of hydrogen-bond acceptors (Lipinski definition) is 6. The van der Waals surface area contributed by atoms with Crippen LogP contribution >= 0.6 is 22.9 Å². The number of halogens is 1. The fourth-order valence-corrected chi connectivity index (χ4v) is 3.68. The van der Waals surface area contributed by atoms with Gasteiger partial charge >= 0.3 is 4.87 Å². The first-order valence-corrected chi connectivity index (χ1v) is 9.37. The Morgan fingerprint density at radius 2 is 1.81 bits per heavy atom. The molecular formula is C19H15ClN4O2S. The molecule has 4 rings (SSSR count). The van der Waals surface area contributed by atoms with Crippen molar-refractivity contribution in [3.8, 4) is 5.88 Å². The van der Waals surface area contributed by atoms with Gasteiger partial charge in [0.2, 0.25) is 5.88 Å². The Morgan fingerprint density at radius 3 is 2.48 bits per heavy atom. The molecule has 3 aromatic rings. The lowest BCUT2D eigenvalue weighted by molar-refractivity contribution is 0.455. The first kappa shape index (κ1) is 17.6. The minimum Gasteiger partial charge on any atom is -0.493 e. The van der Waals surface area contributed by atoms with Crippen molar-refractivity contribution in [2.75, 3.05) is 0 Å². The van der Waals surface area contributed by atoms with Crippen molar-refractivity contribution < 1.29 is 5.11 Å². The number of hydrogen-bond donors (Lipinski definition) is 2. The summed E-state index contributed by atoms with van der Waals surface area (Å²) in [5.41, 5.74) is 2.60. The Morgan fingerprint density at radius 1 is 1.11 bits per heavy atom. The summed E-state index contributed by atoms with van der Waals surface area (Å²) >= 11 is 7.12. The summed E-state index contributed by atoms with van der Waals surface area (Å²) in [5.74, 6) is 0.450. The van der Waals surface area contributed by atoms with Crippen LogP contribution in [0.5, 0.6) is 5.88 Å². The van der Waals surface area contributed by atoms with Crippen molar-refractivity contribution >= 4 is 34.8 Å². The molecule has 1 aliphatic rings. The summed E-state index contributed by atoms with van der Waals surface area (Å²) in [6.07, 6.45) is 1.69. The first-order valence-electron chi connectivity index (χ1n) is 8.18. The number of rotatable bonds is 1. The molecule has 0 bridgehead atoms. The Balaban J connectivity index is 1.93. The highest BCUT2D eigenvalue weighted by atomic mass is 35.5. The van der Waals surface area contributed by atoms with Crippen LogP contribution in [0.1, 0.15) is 21.7 Å². The number of H-pyrrole nitrogens is 1. The van der Waals surface area contributed by atoms with Crippen LogP contribution in [0.4, 0.5) is 0 Å². The molecule has 0 fully saturated rings. The number of aromatic amines is 1. The zero-order valence-electron chi connectivity index (χ0n) is 14.8. The largest absolute Gasteiger partial charge is 0.493 e. The molecule has 0 spiro atoms. The zero-order chi connectivity index (χ0) is 19.3. The topological polar surface area (TPSA) is 90.7 Å². The van der Waals surface area contributed by atoms with Crippen LogP contribution < -0.4 is 26.2 Å². The highest BCUT2D eigenvalue weighted by Crippen LogP contribution is 2.16. The van der Waals surface area contributed by atoms with E-state index in [4.69, 9.17) is 11.6 Å². The van der Waals surface area contributed by atoms with E-state index in [9.17, 15) is 9.90 Å². The SMILES string of the molecule is Cc1cc2c(cc1Cl)=N/C(=c1/cc(C)/c(=C/c3sc(=O)[nH]c3O)nc1C)N=2. The first-order chi connectivity index (χ1) is 12.8. The van der Waals surface area contributed by atoms with Gasteiger partial charge < -0.3 is 5.11 Å². The molecule has 0 atom stereocenters. The third-order valence-corrected chi connectivity index (χ3v) is 5.54. The molecule has 0 amide bonds. The summed E-state index contributed by atoms with van der Waals surface area (Å²) in [7, 11) is 0. The number of nitrogens with one attached hydrogen (secondary N) is 1. The Hall–Kier alpha value is -2.77. The van der Waals surface area contributed by atoms with Gasteiger partial charge in [0, 0.05) is 15.9 Å². The second-order valence-electron chi connectivity index (χ2n) is 6.33. The monoisotopic (exact) mass is 398 g/mol. The van der Waals surface area contributed by atoms with Crippen LogP contribution in [0.3, 0.4) is 0 Å². The van der Waals surface area contributed by atoms with E-state index in [1.807, 2.05) is 39.0 Å². The molecule has 3 heterocycles. The molecule has 0 saturated heterocycles. The molecule has 0 unspecified atom stereocenters. The van der Waals surface area contributed by atoms with Crippen molar-refractivity contribution in [1.29, 1.82) is 0 Å². The van der Waals surface area contributed by atoms with E-state index in [0.717, 1.165) is 44.1 Å². The molecule has 2 aromatic heterocycles. The van der Waals surface area contributed by atoms with Gasteiger partial charge in [-0.25, -0.2) is 9.98 Å². The van der Waals surface area contributed by atoms with Crippen LogP contribution in [-0.4, -0.2) is 15.1 Å². The van der Waals surface area contributed by atoms with Crippen molar-refractivity contribution in [3.05, 3.63) is 75.9 Å². The number of fused-ring (bicyclic) bond motifs is 1. The molecule has 1 aromatic carbocycles. The third-order valence-electron chi connectivity index (χ3n) is 4.32. The van der Waals surface area contributed by atoms with E-state index in [1.165, 1.54) is 0 Å². The Kier molecular flexibility index (Phi) is 4.20. The standard InChI is InChI=1S/C19H15ClN4O2S/c1-8-5-14-15(6-12(8)20)23-17(22-14)11-4-9(2)13(21-10(11)3)7-16-18(25)24-19(26)27-16/h4-7,25H,1-3H3,(H,24,26)/b13-7-,17-11-. The quantitative estimate of drug-likeness (QED) is 0.639. The normalized spacial score (nSPS) is 15.5. The maximum atomic E-state index is 11.4. The van der Waals surface area contributed by atoms with Gasteiger partial charge in [-0.2, -0.15) is 0 Å². The summed E-state index contributed by atoms with van der Waals surface area (Å²) in [4.78, 5) is 27.7. The number of nitrogens with zero attached hydrogens (tertiary/aromatic N) is 3. The predicted molar refractivity (Wildman–Crippen MR) is 105 cm³/mol. The van der Waals surface area contributed by atoms with Gasteiger partial charge in [0.15, 0.2) is 5.82 Å². The average molecular weight is 399 g/mol. The van der Waals surface area contributed by atoms with Crippen molar-refractivity contribution in [3.63, 3.8) is 0 Å². The number of aromatic hydroxyl groups is 1. The molecule has 6 nitrogen and oxygen atoms in total. The van der Waals surface area contributed by atoms with Gasteiger partial charge in [-0.3, -0.25) is 14.8 Å². The highest BCUT2D eigenvalue weighted by Gasteiger charge is 2.09. The molecule has 0 radical (unpaired) electrons. The van der Waals surface area contributed by atoms with Gasteiger partial charge in [-0.15, -0.1) is 0 Å². The van der Waals surface area contributed by atoms with E-state index in [0.29, 0.717) is 21.1 Å². The molecule has 8 heteroatoms. The van der Waals surface area contributed by atoms with E-state index in [1.54, 1.807) is 6.08 Å². The number of pyridine rings is 1. The maximum absolute atomic E-state index is 11.4. The predicted octanol–water partition coefficient (Wildman–Crippen LogP) is 0.963. The molecule has 2 N–H and O–H groups in total. The number of aromatic nitrogens is 2. The number of benzene rings is 1. The smallest absolute Gasteiger partial charge is 0.307 e. The van der Waals surface area contributed by atoms with E-state index < -0.39 is 0 Å². The zero-order valence-corrected chi connectivity index (χ0v) is 16.4. The summed E-state index contributed by atoms with van der Waals surface area (Å²) in [6, 6.07) is 5.70. The van der Waals surface area contributed by atoms with Crippen molar-refractivity contribution in [1.82, 2.24) is 9.97 Å². The van der Waals surface area contributed by atoms with Gasteiger partial charge in [-0.05, 0) is 56.2 Å². The lowest BCUT2D eigenvalue weighted by Gasteiger charge is -2.00. The van der Waals surface area contributed by atoms with Crippen molar-refractivity contribution in [2.24, 2.45) is 9.98 Å². The van der Waals surface area contributed by atoms with E-state index in [2.05, 4.69) is 20.0 Å². The highest BCUT2D eigenvalue weighted by molar-refractivity contribution is 7.10. The maximum Gasteiger partial charge on any atom is 0.307 e. The van der Waals surface area contributed by atoms with Gasteiger partial charge in [0.1, 0.15) is 0 Å². The Labute approximate surface area is 162 Å². The molecule has 1 aliphatic heterocycles. The second-order valence-corrected chi connectivity index (χ2v) is 7.75. The molecule has 0 saturated carbocycles. The minimum atomic E-state index is -0.310. The van der Waals surface area contributed by atoms with E-state index >= 15 is 0 Å². The fraction of sp³-hybridized carbons (Fsp3) is 0.158. The average Bonchev–Trinajstić information content (AvgIpc) is 3.13. The second kappa shape index (κ2) is 6.44. The van der Waals surface area contributed by atoms with Crippen LogP contribution in [0.2, 0.25) is 5.02 Å². The molecule has 136 valence electrons. The van der Waals surface area contributed by atoms with Crippen LogP contribution in [-0.2, 0) is 0 Å². The Bertz CT molecular complexity index is 1360. The van der Waals surface area contributed by atoms with Gasteiger partial charge in [0.25, 0.3) is 0 Å². The third kappa shape index (κ3) is 3.20. The number of aryl methyl sites for hydroxylation is 3. The van der Waals surface area contributed by atoms with Crippen molar-refractivity contribution in [2.45, 2.75) is 20.8 Å². The van der Waals surface area contributed by atoms with Gasteiger partial charge in [-0.1, -0.05) is 22.9 Å². The van der Waals surface area contributed by atoms with Gasteiger partial charge in [0.05, 0.1) is 20.9 Å². The van der Waals surface area contributed by atoms with Crippen LogP contribution in [0.15, 0.2) is 33.0 Å². The van der Waals surface area contributed by atoms with E-state index in [-0.39, 0.29) is 10.8 Å². The molecular weight excluding hydrogens is 384 g/mol. The lowest BCUT2D eigenvalue weighted by Crippen LogP contribution is -2.22. The minimum absolute atomic E-state index is 0.147.